The third kappa shape index (κ3) is 8.64. The van der Waals surface area contributed by atoms with Crippen LogP contribution in [0.3, 0.4) is 0 Å². The highest BCUT2D eigenvalue weighted by molar-refractivity contribution is 5.97. The van der Waals surface area contributed by atoms with E-state index in [-0.39, 0.29) is 42.5 Å². The number of hydrogen-bond donors (Lipinski definition) is 4. The summed E-state index contributed by atoms with van der Waals surface area (Å²) in [6.45, 7) is 12.7. The predicted octanol–water partition coefficient (Wildman–Crippen LogP) is 6.48. The summed E-state index contributed by atoms with van der Waals surface area (Å²) in [7, 11) is 5.53. The summed E-state index contributed by atoms with van der Waals surface area (Å²) in [6, 6.07) is 21.1. The van der Waals surface area contributed by atoms with Crippen LogP contribution in [-0.2, 0) is 22.6 Å². The summed E-state index contributed by atoms with van der Waals surface area (Å²) in [5.74, 6) is 1.47. The van der Waals surface area contributed by atoms with E-state index in [1.54, 1.807) is 19.1 Å². The molecule has 1 heterocycles. The van der Waals surface area contributed by atoms with Crippen LogP contribution in [0, 0.1) is 35.0 Å². The Morgan fingerprint density at radius 1 is 1.04 bits per heavy atom. The molecule has 3 saturated carbocycles. The monoisotopic (exact) mass is 768 g/mol. The van der Waals surface area contributed by atoms with Gasteiger partial charge in [-0.25, -0.2) is 0 Å². The van der Waals surface area contributed by atoms with Crippen molar-refractivity contribution in [2.24, 2.45) is 35.0 Å². The van der Waals surface area contributed by atoms with E-state index in [4.69, 9.17) is 9.57 Å². The number of nitrogens with one attached hydrogen (secondary N) is 2. The fourth-order valence-electron chi connectivity index (χ4n) is 9.92. The average Bonchev–Trinajstić information content (AvgIpc) is 3.53. The van der Waals surface area contributed by atoms with Crippen LogP contribution in [0.2, 0.25) is 0 Å². The molecule has 10 nitrogen and oxygen atoms in total. The number of hydroxylamine groups is 2. The van der Waals surface area contributed by atoms with Crippen molar-refractivity contribution in [2.45, 2.75) is 104 Å². The molecular formula is C46H64N4O6. The summed E-state index contributed by atoms with van der Waals surface area (Å²) in [5.41, 5.74) is 5.23. The zero-order valence-corrected chi connectivity index (χ0v) is 34.8. The second-order valence-electron chi connectivity index (χ2n) is 17.9. The van der Waals surface area contributed by atoms with E-state index in [0.717, 1.165) is 41.6 Å². The van der Waals surface area contributed by atoms with E-state index >= 15 is 0 Å². The van der Waals surface area contributed by atoms with Crippen molar-refractivity contribution < 1.29 is 29.4 Å². The molecule has 3 aromatic carbocycles. The first-order chi connectivity index (χ1) is 26.6. The maximum Gasteiger partial charge on any atom is 0.251 e. The quantitative estimate of drug-likeness (QED) is 0.139. The zero-order valence-electron chi connectivity index (χ0n) is 34.8. The molecule has 1 aliphatic heterocycles. The molecule has 7 rings (SSSR count). The Hall–Kier alpha value is -3.96. The summed E-state index contributed by atoms with van der Waals surface area (Å²) in [5, 5.41) is 29.7. The van der Waals surface area contributed by atoms with Crippen molar-refractivity contribution in [1.82, 2.24) is 15.7 Å². The number of carbonyl (C=O) groups excluding carboxylic acids is 2. The van der Waals surface area contributed by atoms with Crippen LogP contribution in [0.15, 0.2) is 66.7 Å². The number of fused-ring (bicyclic) bond motifs is 2. The van der Waals surface area contributed by atoms with Gasteiger partial charge in [-0.2, -0.15) is 5.06 Å². The maximum atomic E-state index is 14.3. The van der Waals surface area contributed by atoms with Gasteiger partial charge >= 0.3 is 0 Å². The van der Waals surface area contributed by atoms with E-state index < -0.39 is 24.2 Å². The number of para-hydroxylation sites is 1. The molecule has 0 spiro atoms. The lowest BCUT2D eigenvalue weighted by Gasteiger charge is -2.62. The third-order valence-corrected chi connectivity index (χ3v) is 13.1. The standard InChI is InChI=1S/C46H64N4O6/c1-27(2)18-35(19-30-14-11-10-12-15-30)47-44(53)33-20-32(21-36(22-33)49(7)8)37-17-13-16-31(43(37)55-9)25-50-42(41(29(4)52)40(26-51)56-50)45(54)48-39-24-34-23-38(28(39)3)46(34,5)6/h10-17,20-22,27-29,34-35,38-42,51-52H,18-19,23-26H2,1-9H3,(H,47,53)(H,48,54)/t28-,29-,34+,35-,38-,39-,40-,41+,42-/m0/s1. The Morgan fingerprint density at radius 3 is 2.38 bits per heavy atom. The van der Waals surface area contributed by atoms with Crippen molar-refractivity contribution in [3.63, 3.8) is 0 Å². The first kappa shape index (κ1) is 41.7. The second-order valence-corrected chi connectivity index (χ2v) is 17.9. The molecule has 4 fully saturated rings. The van der Waals surface area contributed by atoms with Crippen LogP contribution >= 0.6 is 0 Å². The lowest BCUT2D eigenvalue weighted by molar-refractivity contribution is -0.183. The van der Waals surface area contributed by atoms with Crippen molar-refractivity contribution >= 4 is 17.5 Å². The van der Waals surface area contributed by atoms with Gasteiger partial charge in [-0.1, -0.05) is 83.1 Å². The van der Waals surface area contributed by atoms with Gasteiger partial charge in [0.15, 0.2) is 0 Å². The molecule has 2 amide bonds. The normalized spacial score (nSPS) is 26.6. The lowest BCUT2D eigenvalue weighted by Crippen LogP contribution is -2.62. The number of amides is 2. The molecule has 1 saturated heterocycles. The summed E-state index contributed by atoms with van der Waals surface area (Å²) in [4.78, 5) is 36.6. The highest BCUT2D eigenvalue weighted by Gasteiger charge is 2.57. The molecule has 4 aliphatic rings. The molecule has 2 bridgehead atoms. The van der Waals surface area contributed by atoms with Crippen LogP contribution in [0.5, 0.6) is 5.75 Å². The van der Waals surface area contributed by atoms with Crippen molar-refractivity contribution in [2.75, 3.05) is 32.7 Å². The SMILES string of the molecule is COc1c(CN2O[C@@H](CO)[C@@H]([C@H](C)O)[C@H]2C(=O)N[C@H]2C[C@H]3C[C@@H]([C@@H]2C)C3(C)C)cccc1-c1cc(C(=O)N[C@H](Cc2ccccc2)CC(C)C)cc(N(C)C)c1. The first-order valence-electron chi connectivity index (χ1n) is 20.5. The molecular weight excluding hydrogens is 705 g/mol. The van der Waals surface area contributed by atoms with Gasteiger partial charge in [0.2, 0.25) is 5.91 Å². The smallest absolute Gasteiger partial charge is 0.251 e. The number of carbonyl (C=O) groups is 2. The largest absolute Gasteiger partial charge is 0.496 e. The lowest BCUT2D eigenvalue weighted by atomic mass is 9.45. The van der Waals surface area contributed by atoms with Crippen LogP contribution in [-0.4, -0.2) is 85.2 Å². The molecule has 3 aliphatic carbocycles. The van der Waals surface area contributed by atoms with Crippen LogP contribution < -0.4 is 20.3 Å². The number of aliphatic hydroxyl groups is 2. The zero-order chi connectivity index (χ0) is 40.5. The number of methoxy groups -OCH3 is 1. The highest BCUT2D eigenvalue weighted by Crippen LogP contribution is 2.61. The molecule has 0 aromatic heterocycles. The summed E-state index contributed by atoms with van der Waals surface area (Å²) < 4.78 is 6.12. The van der Waals surface area contributed by atoms with Crippen molar-refractivity contribution in [3.8, 4) is 16.9 Å². The molecule has 0 radical (unpaired) electrons. The van der Waals surface area contributed by atoms with Crippen LogP contribution in [0.25, 0.3) is 11.1 Å². The first-order valence-corrected chi connectivity index (χ1v) is 20.5. The number of benzene rings is 3. The average molecular weight is 769 g/mol. The molecule has 9 atom stereocenters. The number of aliphatic hydroxyl groups excluding tert-OH is 2. The molecule has 3 aromatic rings. The van der Waals surface area contributed by atoms with Gasteiger partial charge in [-0.15, -0.1) is 0 Å². The van der Waals surface area contributed by atoms with Crippen molar-refractivity contribution in [3.05, 3.63) is 83.4 Å². The topological polar surface area (TPSA) is 124 Å². The molecule has 4 N–H and O–H groups in total. The Morgan fingerprint density at radius 2 is 1.77 bits per heavy atom. The van der Waals surface area contributed by atoms with Crippen molar-refractivity contribution in [1.29, 1.82) is 0 Å². The Bertz CT molecular complexity index is 1830. The maximum absolute atomic E-state index is 14.3. The molecule has 304 valence electrons. The van der Waals surface area contributed by atoms with Gasteiger partial charge in [0.25, 0.3) is 5.91 Å². The third-order valence-electron chi connectivity index (χ3n) is 13.1. The molecule has 56 heavy (non-hydrogen) atoms. The number of nitrogens with zero attached hydrogens (tertiary/aromatic N) is 2. The minimum Gasteiger partial charge on any atom is -0.496 e. The minimum atomic E-state index is -0.900. The minimum absolute atomic E-state index is 0.0353. The number of hydrogen-bond acceptors (Lipinski definition) is 8. The van der Waals surface area contributed by atoms with Gasteiger partial charge in [-0.05, 0) is 91.0 Å². The molecule has 10 heteroatoms. The van der Waals surface area contributed by atoms with E-state index in [0.29, 0.717) is 35.0 Å². The highest BCUT2D eigenvalue weighted by atomic mass is 16.7. The summed E-state index contributed by atoms with van der Waals surface area (Å²) in [6.07, 6.45) is 2.07. The number of rotatable bonds is 15. The predicted molar refractivity (Wildman–Crippen MR) is 221 cm³/mol. The Labute approximate surface area is 333 Å². The Kier molecular flexibility index (Phi) is 12.8. The van der Waals surface area contributed by atoms with Crippen LogP contribution in [0.4, 0.5) is 5.69 Å². The van der Waals surface area contributed by atoms with Gasteiger partial charge in [0.05, 0.1) is 26.4 Å². The van der Waals surface area contributed by atoms with Gasteiger partial charge < -0.3 is 30.5 Å². The van der Waals surface area contributed by atoms with E-state index in [1.165, 1.54) is 12.0 Å². The van der Waals surface area contributed by atoms with Gasteiger partial charge in [0.1, 0.15) is 17.9 Å². The van der Waals surface area contributed by atoms with Gasteiger partial charge in [-0.3, -0.25) is 14.4 Å². The van der Waals surface area contributed by atoms with E-state index in [9.17, 15) is 19.8 Å². The summed E-state index contributed by atoms with van der Waals surface area (Å²) >= 11 is 0. The second kappa shape index (κ2) is 17.3. The Balaban J connectivity index is 1.28. The van der Waals surface area contributed by atoms with Crippen LogP contribution in [0.1, 0.15) is 82.3 Å². The van der Waals surface area contributed by atoms with Gasteiger partial charge in [0, 0.05) is 54.5 Å². The fourth-order valence-corrected chi connectivity index (χ4v) is 9.92. The fraction of sp³-hybridized carbons (Fsp3) is 0.565. The van der Waals surface area contributed by atoms with E-state index in [2.05, 4.69) is 57.4 Å². The number of anilines is 1. The number of ether oxygens (including phenoxy) is 1. The van der Waals surface area contributed by atoms with E-state index in [1.807, 2.05) is 73.6 Å². The molecule has 0 unspecified atom stereocenters.